The van der Waals surface area contributed by atoms with Crippen molar-refractivity contribution < 1.29 is 9.90 Å². The first-order valence-electron chi connectivity index (χ1n) is 7.57. The molecular formula is C19H18N2O2. The summed E-state index contributed by atoms with van der Waals surface area (Å²) in [6, 6.07) is 17.0. The fourth-order valence-corrected chi connectivity index (χ4v) is 2.61. The Bertz CT molecular complexity index is 822. The van der Waals surface area contributed by atoms with E-state index in [2.05, 4.69) is 9.98 Å². The highest BCUT2D eigenvalue weighted by Gasteiger charge is 2.17. The first kappa shape index (κ1) is 15.0. The molecule has 3 aromatic rings. The lowest BCUT2D eigenvalue weighted by Gasteiger charge is -2.06. The summed E-state index contributed by atoms with van der Waals surface area (Å²) in [7, 11) is 0. The third kappa shape index (κ3) is 3.66. The van der Waals surface area contributed by atoms with Crippen LogP contribution in [0.15, 0.2) is 65.8 Å². The molecule has 0 saturated heterocycles. The van der Waals surface area contributed by atoms with Gasteiger partial charge < -0.3 is 10.1 Å². The molecule has 4 nitrogen and oxygen atoms in total. The van der Waals surface area contributed by atoms with E-state index in [-0.39, 0.29) is 0 Å². The van der Waals surface area contributed by atoms with Crippen LogP contribution >= 0.6 is 0 Å². The summed E-state index contributed by atoms with van der Waals surface area (Å²) in [5.74, 6) is -0.903. The lowest BCUT2D eigenvalue weighted by atomic mass is 10.1. The van der Waals surface area contributed by atoms with Gasteiger partial charge >= 0.3 is 5.97 Å². The van der Waals surface area contributed by atoms with Crippen LogP contribution in [0, 0.1) is 0 Å². The van der Waals surface area contributed by atoms with Crippen molar-refractivity contribution in [3.63, 3.8) is 0 Å². The maximum atomic E-state index is 11.5. The van der Waals surface area contributed by atoms with E-state index >= 15 is 0 Å². The van der Waals surface area contributed by atoms with Gasteiger partial charge in [0.25, 0.3) is 0 Å². The number of rotatable bonds is 6. The highest BCUT2D eigenvalue weighted by molar-refractivity contribution is 5.84. The average molecular weight is 306 g/mol. The van der Waals surface area contributed by atoms with Gasteiger partial charge in [0.05, 0.1) is 0 Å². The number of para-hydroxylation sites is 1. The van der Waals surface area contributed by atoms with Crippen LogP contribution in [0.4, 0.5) is 0 Å². The van der Waals surface area contributed by atoms with Gasteiger partial charge in [-0.2, -0.15) is 0 Å². The zero-order chi connectivity index (χ0) is 16.1. The Morgan fingerprint density at radius 2 is 1.87 bits per heavy atom. The number of fused-ring (bicyclic) bond motifs is 1. The predicted molar refractivity (Wildman–Crippen MR) is 92.1 cm³/mol. The largest absolute Gasteiger partial charge is 0.480 e. The van der Waals surface area contributed by atoms with E-state index < -0.39 is 12.0 Å². The number of hydrogen-bond acceptors (Lipinski definition) is 2. The Morgan fingerprint density at radius 1 is 1.13 bits per heavy atom. The molecule has 1 unspecified atom stereocenters. The van der Waals surface area contributed by atoms with Gasteiger partial charge in [0.15, 0.2) is 6.04 Å². The van der Waals surface area contributed by atoms with Crippen LogP contribution in [0.2, 0.25) is 0 Å². The summed E-state index contributed by atoms with van der Waals surface area (Å²) in [5.41, 5.74) is 3.11. The molecule has 0 radical (unpaired) electrons. The van der Waals surface area contributed by atoms with Gasteiger partial charge in [-0.3, -0.25) is 4.99 Å². The van der Waals surface area contributed by atoms with Crippen LogP contribution in [-0.4, -0.2) is 28.3 Å². The average Bonchev–Trinajstić information content (AvgIpc) is 2.98. The van der Waals surface area contributed by atoms with Crippen molar-refractivity contribution in [2.75, 3.05) is 0 Å². The molecule has 1 aromatic heterocycles. The molecule has 0 amide bonds. The number of aliphatic imine (C=N–C) groups is 1. The zero-order valence-electron chi connectivity index (χ0n) is 12.6. The number of H-pyrrole nitrogens is 1. The molecule has 0 bridgehead atoms. The molecule has 23 heavy (non-hydrogen) atoms. The maximum Gasteiger partial charge on any atom is 0.328 e. The molecule has 1 heterocycles. The second-order valence-electron chi connectivity index (χ2n) is 5.44. The van der Waals surface area contributed by atoms with Gasteiger partial charge in [0.2, 0.25) is 0 Å². The number of aliphatic carboxylic acids is 1. The zero-order valence-corrected chi connectivity index (χ0v) is 12.6. The highest BCUT2D eigenvalue weighted by atomic mass is 16.4. The van der Waals surface area contributed by atoms with Gasteiger partial charge in [-0.25, -0.2) is 4.79 Å². The van der Waals surface area contributed by atoms with Crippen LogP contribution in [0.3, 0.4) is 0 Å². The van der Waals surface area contributed by atoms with Crippen molar-refractivity contribution in [3.05, 3.63) is 71.9 Å². The SMILES string of the molecule is O=C(O)C(Cc1c[nH]c2ccccc12)N=CCc1ccccc1. The molecule has 0 saturated carbocycles. The summed E-state index contributed by atoms with van der Waals surface area (Å²) in [6.45, 7) is 0. The molecule has 116 valence electrons. The minimum atomic E-state index is -0.903. The molecular weight excluding hydrogens is 288 g/mol. The van der Waals surface area contributed by atoms with Gasteiger partial charge in [-0.1, -0.05) is 48.5 Å². The summed E-state index contributed by atoms with van der Waals surface area (Å²) < 4.78 is 0. The molecule has 1 atom stereocenters. The van der Waals surface area contributed by atoms with E-state index in [0.717, 1.165) is 22.0 Å². The van der Waals surface area contributed by atoms with Crippen LogP contribution in [0.1, 0.15) is 11.1 Å². The Balaban J connectivity index is 1.73. The Labute approximate surface area is 134 Å². The van der Waals surface area contributed by atoms with E-state index in [4.69, 9.17) is 0 Å². The van der Waals surface area contributed by atoms with E-state index in [0.29, 0.717) is 12.8 Å². The first-order valence-corrected chi connectivity index (χ1v) is 7.57. The number of benzene rings is 2. The number of aromatic amines is 1. The summed E-state index contributed by atoms with van der Waals surface area (Å²) in [6.07, 6.45) is 4.58. The van der Waals surface area contributed by atoms with Crippen LogP contribution in [0.5, 0.6) is 0 Å². The normalized spacial score (nSPS) is 12.7. The predicted octanol–water partition coefficient (Wildman–Crippen LogP) is 3.48. The Morgan fingerprint density at radius 3 is 2.65 bits per heavy atom. The Hall–Kier alpha value is -2.88. The fourth-order valence-electron chi connectivity index (χ4n) is 2.61. The number of carboxylic acid groups (broad SMARTS) is 1. The molecule has 2 N–H and O–H groups in total. The fraction of sp³-hybridized carbons (Fsp3) is 0.158. The minimum Gasteiger partial charge on any atom is -0.480 e. The summed E-state index contributed by atoms with van der Waals surface area (Å²) in [5, 5.41) is 10.5. The molecule has 2 aromatic carbocycles. The molecule has 3 rings (SSSR count). The molecule has 0 aliphatic carbocycles. The quantitative estimate of drug-likeness (QED) is 0.685. The minimum absolute atomic E-state index is 0.380. The van der Waals surface area contributed by atoms with Crippen molar-refractivity contribution in [1.29, 1.82) is 0 Å². The third-order valence-corrected chi connectivity index (χ3v) is 3.83. The van der Waals surface area contributed by atoms with Crippen LogP contribution in [0.25, 0.3) is 10.9 Å². The smallest absolute Gasteiger partial charge is 0.328 e. The molecule has 0 spiro atoms. The van der Waals surface area contributed by atoms with Gasteiger partial charge in [0, 0.05) is 36.2 Å². The highest BCUT2D eigenvalue weighted by Crippen LogP contribution is 2.19. The van der Waals surface area contributed by atoms with Crippen molar-refractivity contribution >= 4 is 23.1 Å². The van der Waals surface area contributed by atoms with E-state index in [1.165, 1.54) is 0 Å². The lowest BCUT2D eigenvalue weighted by molar-refractivity contribution is -0.138. The van der Waals surface area contributed by atoms with Crippen molar-refractivity contribution in [1.82, 2.24) is 4.98 Å². The first-order chi connectivity index (χ1) is 11.2. The van der Waals surface area contributed by atoms with E-state index in [9.17, 15) is 9.90 Å². The number of aromatic nitrogens is 1. The number of carboxylic acids is 1. The molecule has 0 aliphatic rings. The van der Waals surface area contributed by atoms with Gasteiger partial charge in [-0.05, 0) is 17.2 Å². The van der Waals surface area contributed by atoms with E-state index in [1.54, 1.807) is 6.21 Å². The number of carbonyl (C=O) groups is 1. The monoisotopic (exact) mass is 306 g/mol. The van der Waals surface area contributed by atoms with E-state index in [1.807, 2.05) is 60.8 Å². The van der Waals surface area contributed by atoms with Crippen LogP contribution < -0.4 is 0 Å². The van der Waals surface area contributed by atoms with Crippen LogP contribution in [-0.2, 0) is 17.6 Å². The van der Waals surface area contributed by atoms with Gasteiger partial charge in [0.1, 0.15) is 0 Å². The number of nitrogens with zero attached hydrogens (tertiary/aromatic N) is 1. The topological polar surface area (TPSA) is 65.4 Å². The van der Waals surface area contributed by atoms with Crippen molar-refractivity contribution in [2.24, 2.45) is 4.99 Å². The number of hydrogen-bond donors (Lipinski definition) is 2. The molecule has 0 aliphatic heterocycles. The molecule has 0 fully saturated rings. The van der Waals surface area contributed by atoms with Gasteiger partial charge in [-0.15, -0.1) is 0 Å². The number of nitrogens with one attached hydrogen (secondary N) is 1. The summed E-state index contributed by atoms with van der Waals surface area (Å²) >= 11 is 0. The second-order valence-corrected chi connectivity index (χ2v) is 5.44. The summed E-state index contributed by atoms with van der Waals surface area (Å²) in [4.78, 5) is 18.9. The lowest BCUT2D eigenvalue weighted by Crippen LogP contribution is -2.20. The molecule has 4 heteroatoms. The van der Waals surface area contributed by atoms with Crippen molar-refractivity contribution in [3.8, 4) is 0 Å². The second kappa shape index (κ2) is 6.92. The Kier molecular flexibility index (Phi) is 4.52. The van der Waals surface area contributed by atoms with Crippen molar-refractivity contribution in [2.45, 2.75) is 18.9 Å². The maximum absolute atomic E-state index is 11.5. The standard InChI is InChI=1S/C19H18N2O2/c22-19(23)18(20-11-10-14-6-2-1-3-7-14)12-15-13-21-17-9-5-4-8-16(15)17/h1-9,11,13,18,21H,10,12H2,(H,22,23). The third-order valence-electron chi connectivity index (χ3n) is 3.83.